The minimum Gasteiger partial charge on any atom is -0.494 e. The number of ether oxygens (including phenoxy) is 1. The number of carbonyl (C=O) groups is 2. The molecular weight excluding hydrogens is 364 g/mol. The molecule has 0 aromatic heterocycles. The van der Waals surface area contributed by atoms with Gasteiger partial charge in [-0.3, -0.25) is 9.59 Å². The zero-order valence-electron chi connectivity index (χ0n) is 16.9. The Morgan fingerprint density at radius 1 is 0.931 bits per heavy atom. The smallest absolute Gasteiger partial charge is 0.282 e. The van der Waals surface area contributed by atoms with E-state index in [9.17, 15) is 9.59 Å². The Balaban J connectivity index is 1.73. The highest BCUT2D eigenvalue weighted by atomic mass is 16.5. The monoisotopic (exact) mass is 390 g/mol. The van der Waals surface area contributed by atoms with E-state index in [-0.39, 0.29) is 11.8 Å². The topological polar surface area (TPSA) is 49.9 Å². The molecule has 0 atom stereocenters. The highest BCUT2D eigenvalue weighted by Gasteiger charge is 2.42. The highest BCUT2D eigenvalue weighted by Crippen LogP contribution is 2.36. The number of amides is 2. The second-order valence-corrected chi connectivity index (χ2v) is 7.63. The van der Waals surface area contributed by atoms with Crippen LogP contribution in [0.5, 0.6) is 5.75 Å². The lowest BCUT2D eigenvalue weighted by molar-refractivity contribution is -0.120. The van der Waals surface area contributed by atoms with E-state index in [2.05, 4.69) is 11.8 Å². The van der Waals surface area contributed by atoms with E-state index in [0.29, 0.717) is 29.5 Å². The fraction of sp³-hybridized carbons (Fsp3) is 0.333. The van der Waals surface area contributed by atoms with Crippen molar-refractivity contribution in [1.29, 1.82) is 0 Å². The summed E-state index contributed by atoms with van der Waals surface area (Å²) < 4.78 is 5.49. The quantitative estimate of drug-likeness (QED) is 0.721. The molecule has 4 rings (SSSR count). The molecule has 2 aliphatic rings. The molecule has 1 saturated heterocycles. The summed E-state index contributed by atoms with van der Waals surface area (Å²) in [5.74, 6) is 0.852. The van der Waals surface area contributed by atoms with Crippen molar-refractivity contribution in [2.24, 2.45) is 5.92 Å². The Hall–Kier alpha value is -3.08. The molecule has 0 saturated carbocycles. The van der Waals surface area contributed by atoms with E-state index in [1.165, 1.54) is 4.90 Å². The number of carbonyl (C=O) groups excluding carboxylic acids is 2. The van der Waals surface area contributed by atoms with E-state index in [0.717, 1.165) is 37.2 Å². The number of likely N-dealkylation sites (tertiary alicyclic amines) is 1. The Morgan fingerprint density at radius 2 is 1.59 bits per heavy atom. The van der Waals surface area contributed by atoms with E-state index in [1.807, 2.05) is 37.3 Å². The molecule has 150 valence electrons. The molecule has 0 bridgehead atoms. The van der Waals surface area contributed by atoms with Gasteiger partial charge < -0.3 is 9.64 Å². The zero-order valence-corrected chi connectivity index (χ0v) is 16.9. The van der Waals surface area contributed by atoms with Crippen molar-refractivity contribution in [1.82, 2.24) is 4.90 Å². The first-order valence-corrected chi connectivity index (χ1v) is 10.3. The number of benzene rings is 2. The lowest BCUT2D eigenvalue weighted by Crippen LogP contribution is -2.38. The van der Waals surface area contributed by atoms with Crippen molar-refractivity contribution in [2.75, 3.05) is 24.6 Å². The van der Waals surface area contributed by atoms with Gasteiger partial charge in [0.2, 0.25) is 0 Å². The van der Waals surface area contributed by atoms with Crippen LogP contribution in [0.3, 0.4) is 0 Å². The maximum atomic E-state index is 13.5. The number of piperidine rings is 1. The summed E-state index contributed by atoms with van der Waals surface area (Å²) in [6.07, 6.45) is 2.05. The summed E-state index contributed by atoms with van der Waals surface area (Å²) >= 11 is 0. The van der Waals surface area contributed by atoms with Crippen LogP contribution in [-0.4, -0.2) is 36.4 Å². The normalized spacial score (nSPS) is 18.0. The standard InChI is InChI=1S/C24H26N2O3/c1-3-29-20-11-9-19(10-12-20)26-23(27)21(18-7-5-4-6-8-18)22(24(26)28)25-15-13-17(2)14-16-25/h4-12,17H,3,13-16H2,1-2H3. The molecule has 0 radical (unpaired) electrons. The first kappa shape index (κ1) is 19.2. The Bertz CT molecular complexity index is 926. The van der Waals surface area contributed by atoms with Crippen LogP contribution in [0.15, 0.2) is 60.3 Å². The molecule has 0 unspecified atom stereocenters. The van der Waals surface area contributed by atoms with Crippen molar-refractivity contribution in [3.05, 3.63) is 65.9 Å². The van der Waals surface area contributed by atoms with Gasteiger partial charge >= 0.3 is 0 Å². The van der Waals surface area contributed by atoms with Gasteiger partial charge in [0.25, 0.3) is 11.8 Å². The number of imide groups is 1. The molecule has 2 aromatic carbocycles. The second kappa shape index (κ2) is 8.11. The molecular formula is C24H26N2O3. The zero-order chi connectivity index (χ0) is 20.4. The number of nitrogens with zero attached hydrogens (tertiary/aromatic N) is 2. The summed E-state index contributed by atoms with van der Waals surface area (Å²) in [6.45, 7) is 6.31. The van der Waals surface area contributed by atoms with Crippen molar-refractivity contribution >= 4 is 23.1 Å². The molecule has 5 heteroatoms. The summed E-state index contributed by atoms with van der Waals surface area (Å²) in [7, 11) is 0. The van der Waals surface area contributed by atoms with Gasteiger partial charge in [-0.1, -0.05) is 37.3 Å². The predicted molar refractivity (Wildman–Crippen MR) is 113 cm³/mol. The van der Waals surface area contributed by atoms with Gasteiger partial charge in [-0.25, -0.2) is 4.90 Å². The van der Waals surface area contributed by atoms with Crippen LogP contribution in [0.2, 0.25) is 0 Å². The van der Waals surface area contributed by atoms with Crippen molar-refractivity contribution < 1.29 is 14.3 Å². The molecule has 5 nitrogen and oxygen atoms in total. The van der Waals surface area contributed by atoms with Gasteiger partial charge in [0.05, 0.1) is 17.9 Å². The number of hydrogen-bond donors (Lipinski definition) is 0. The molecule has 0 aliphatic carbocycles. The van der Waals surface area contributed by atoms with Crippen LogP contribution in [0.4, 0.5) is 5.69 Å². The Morgan fingerprint density at radius 3 is 2.21 bits per heavy atom. The van der Waals surface area contributed by atoms with Gasteiger partial charge in [0, 0.05) is 13.1 Å². The largest absolute Gasteiger partial charge is 0.494 e. The number of rotatable bonds is 5. The van der Waals surface area contributed by atoms with E-state index in [1.54, 1.807) is 24.3 Å². The van der Waals surface area contributed by atoms with E-state index < -0.39 is 0 Å². The lowest BCUT2D eigenvalue weighted by Gasteiger charge is -2.32. The maximum Gasteiger partial charge on any atom is 0.282 e. The molecule has 2 amide bonds. The third kappa shape index (κ3) is 3.65. The van der Waals surface area contributed by atoms with Crippen LogP contribution in [-0.2, 0) is 9.59 Å². The summed E-state index contributed by atoms with van der Waals surface area (Å²) in [4.78, 5) is 30.3. The predicted octanol–water partition coefficient (Wildman–Crippen LogP) is 4.10. The maximum absolute atomic E-state index is 13.5. The van der Waals surface area contributed by atoms with Crippen molar-refractivity contribution in [3.63, 3.8) is 0 Å². The van der Waals surface area contributed by atoms with Gasteiger partial charge in [-0.15, -0.1) is 0 Å². The third-order valence-electron chi connectivity index (χ3n) is 5.63. The molecule has 2 heterocycles. The van der Waals surface area contributed by atoms with Gasteiger partial charge in [0.15, 0.2) is 0 Å². The fourth-order valence-corrected chi connectivity index (χ4v) is 4.00. The van der Waals surface area contributed by atoms with Crippen LogP contribution in [0, 0.1) is 5.92 Å². The Labute approximate surface area is 171 Å². The van der Waals surface area contributed by atoms with Crippen LogP contribution < -0.4 is 9.64 Å². The summed E-state index contributed by atoms with van der Waals surface area (Å²) in [5.41, 5.74) is 2.38. The van der Waals surface area contributed by atoms with Crippen molar-refractivity contribution in [2.45, 2.75) is 26.7 Å². The van der Waals surface area contributed by atoms with Gasteiger partial charge in [-0.05, 0) is 55.5 Å². The lowest BCUT2D eigenvalue weighted by atomic mass is 9.97. The molecule has 0 spiro atoms. The molecule has 2 aromatic rings. The average molecular weight is 390 g/mol. The van der Waals surface area contributed by atoms with Gasteiger partial charge in [0.1, 0.15) is 11.4 Å². The first-order chi connectivity index (χ1) is 14.1. The molecule has 0 N–H and O–H groups in total. The third-order valence-corrected chi connectivity index (χ3v) is 5.63. The van der Waals surface area contributed by atoms with Crippen molar-refractivity contribution in [3.8, 4) is 5.75 Å². The van der Waals surface area contributed by atoms with E-state index >= 15 is 0 Å². The highest BCUT2D eigenvalue weighted by molar-refractivity contribution is 6.45. The average Bonchev–Trinajstić information content (AvgIpc) is 3.00. The Kier molecular flexibility index (Phi) is 5.38. The number of anilines is 1. The molecule has 1 fully saturated rings. The number of hydrogen-bond acceptors (Lipinski definition) is 4. The fourth-order valence-electron chi connectivity index (χ4n) is 4.00. The summed E-state index contributed by atoms with van der Waals surface area (Å²) in [6, 6.07) is 16.6. The minimum absolute atomic E-state index is 0.243. The van der Waals surface area contributed by atoms with Crippen LogP contribution in [0.1, 0.15) is 32.3 Å². The SMILES string of the molecule is CCOc1ccc(N2C(=O)C(c3ccccc3)=C(N3CCC(C)CC3)C2=O)cc1. The van der Waals surface area contributed by atoms with Crippen LogP contribution >= 0.6 is 0 Å². The molecule has 29 heavy (non-hydrogen) atoms. The second-order valence-electron chi connectivity index (χ2n) is 7.63. The minimum atomic E-state index is -0.265. The summed E-state index contributed by atoms with van der Waals surface area (Å²) in [5, 5.41) is 0. The first-order valence-electron chi connectivity index (χ1n) is 10.3. The van der Waals surface area contributed by atoms with Gasteiger partial charge in [-0.2, -0.15) is 0 Å². The van der Waals surface area contributed by atoms with E-state index in [4.69, 9.17) is 4.74 Å². The van der Waals surface area contributed by atoms with Crippen LogP contribution in [0.25, 0.3) is 5.57 Å². The molecule has 2 aliphatic heterocycles.